The Labute approximate surface area is 121 Å². The maximum atomic E-state index is 12.1. The zero-order chi connectivity index (χ0) is 14.7. The van der Waals surface area contributed by atoms with Crippen LogP contribution in [0.3, 0.4) is 0 Å². The van der Waals surface area contributed by atoms with Gasteiger partial charge in [0.15, 0.2) is 0 Å². The molecule has 0 saturated heterocycles. The predicted octanol–water partition coefficient (Wildman–Crippen LogP) is 1.39. The Morgan fingerprint density at radius 3 is 2.33 bits per heavy atom. The third-order valence-corrected chi connectivity index (χ3v) is 3.36. The number of rotatable bonds is 6. The first-order valence-corrected chi connectivity index (χ1v) is 6.85. The van der Waals surface area contributed by atoms with Crippen LogP contribution in [0.25, 0.3) is 0 Å². The van der Waals surface area contributed by atoms with Crippen molar-refractivity contribution in [3.8, 4) is 0 Å². The van der Waals surface area contributed by atoms with Crippen LogP contribution in [0.15, 0.2) is 42.7 Å². The van der Waals surface area contributed by atoms with E-state index in [4.69, 9.17) is 4.84 Å². The van der Waals surface area contributed by atoms with Gasteiger partial charge >= 0.3 is 0 Å². The second-order valence-electron chi connectivity index (χ2n) is 4.76. The van der Waals surface area contributed by atoms with E-state index in [1.54, 1.807) is 42.7 Å². The van der Waals surface area contributed by atoms with Gasteiger partial charge in [-0.15, -0.1) is 9.94 Å². The number of benzene rings is 1. The molecule has 0 atom stereocenters. The molecule has 108 valence electrons. The van der Waals surface area contributed by atoms with Crippen molar-refractivity contribution >= 4 is 11.8 Å². The molecule has 0 radical (unpaired) electrons. The van der Waals surface area contributed by atoms with Crippen molar-refractivity contribution in [2.24, 2.45) is 0 Å². The first-order chi connectivity index (χ1) is 10.3. The van der Waals surface area contributed by atoms with Crippen molar-refractivity contribution in [3.05, 3.63) is 53.9 Å². The van der Waals surface area contributed by atoms with Crippen molar-refractivity contribution < 1.29 is 14.4 Å². The van der Waals surface area contributed by atoms with E-state index in [-0.39, 0.29) is 11.8 Å². The fourth-order valence-corrected chi connectivity index (χ4v) is 2.30. The Morgan fingerprint density at radius 1 is 1.00 bits per heavy atom. The first kappa shape index (κ1) is 13.4. The normalized spacial score (nSPS) is 13.6. The highest BCUT2D eigenvalue weighted by Crippen LogP contribution is 2.22. The summed E-state index contributed by atoms with van der Waals surface area (Å²) in [7, 11) is 0. The molecule has 1 aliphatic rings. The minimum absolute atomic E-state index is 0.205. The number of fused-ring (bicyclic) bond motifs is 1. The van der Waals surface area contributed by atoms with Gasteiger partial charge in [0.25, 0.3) is 11.8 Å². The SMILES string of the molecule is O=C1c2ccccc2C(=O)N1CCCCOn1cccn1. The van der Waals surface area contributed by atoms with E-state index in [9.17, 15) is 9.59 Å². The number of carbonyl (C=O) groups excluding carboxylic acids is 2. The van der Waals surface area contributed by atoms with Gasteiger partial charge in [0, 0.05) is 6.54 Å². The molecule has 0 fully saturated rings. The van der Waals surface area contributed by atoms with Gasteiger partial charge in [-0.05, 0) is 31.0 Å². The van der Waals surface area contributed by atoms with Crippen molar-refractivity contribution in [1.29, 1.82) is 0 Å². The van der Waals surface area contributed by atoms with Crippen LogP contribution in [-0.4, -0.2) is 39.8 Å². The maximum Gasteiger partial charge on any atom is 0.261 e. The Morgan fingerprint density at radius 2 is 1.71 bits per heavy atom. The highest BCUT2D eigenvalue weighted by atomic mass is 16.7. The smallest absolute Gasteiger partial charge is 0.261 e. The highest BCUT2D eigenvalue weighted by Gasteiger charge is 2.34. The molecular formula is C15H15N3O3. The average Bonchev–Trinajstić information content (AvgIpc) is 3.10. The van der Waals surface area contributed by atoms with E-state index in [2.05, 4.69) is 5.10 Å². The lowest BCUT2D eigenvalue weighted by Gasteiger charge is -2.13. The first-order valence-electron chi connectivity index (χ1n) is 6.85. The lowest BCUT2D eigenvalue weighted by atomic mass is 10.1. The monoisotopic (exact) mass is 285 g/mol. The lowest BCUT2D eigenvalue weighted by molar-refractivity contribution is 0.0621. The minimum atomic E-state index is -0.205. The number of hydrogen-bond donors (Lipinski definition) is 0. The van der Waals surface area contributed by atoms with Crippen LogP contribution in [0.4, 0.5) is 0 Å². The molecule has 2 heterocycles. The van der Waals surface area contributed by atoms with Crippen molar-refractivity contribution in [3.63, 3.8) is 0 Å². The predicted molar refractivity (Wildman–Crippen MR) is 74.7 cm³/mol. The molecule has 6 heteroatoms. The molecule has 0 spiro atoms. The summed E-state index contributed by atoms with van der Waals surface area (Å²) < 4.78 is 0. The number of imide groups is 1. The topological polar surface area (TPSA) is 64.4 Å². The molecule has 0 saturated carbocycles. The maximum absolute atomic E-state index is 12.1. The quantitative estimate of drug-likeness (QED) is 0.594. The zero-order valence-corrected chi connectivity index (χ0v) is 11.4. The second-order valence-corrected chi connectivity index (χ2v) is 4.76. The van der Waals surface area contributed by atoms with E-state index in [0.29, 0.717) is 30.7 Å². The number of carbonyl (C=O) groups is 2. The van der Waals surface area contributed by atoms with Crippen LogP contribution in [0.5, 0.6) is 0 Å². The van der Waals surface area contributed by atoms with E-state index < -0.39 is 0 Å². The lowest BCUT2D eigenvalue weighted by Crippen LogP contribution is -2.31. The van der Waals surface area contributed by atoms with Crippen molar-refractivity contribution in [1.82, 2.24) is 14.8 Å². The summed E-state index contributed by atoms with van der Waals surface area (Å²) in [6, 6.07) is 8.70. The van der Waals surface area contributed by atoms with Crippen LogP contribution >= 0.6 is 0 Å². The fraction of sp³-hybridized carbons (Fsp3) is 0.267. The number of amides is 2. The van der Waals surface area contributed by atoms with Gasteiger partial charge in [-0.2, -0.15) is 0 Å². The summed E-state index contributed by atoms with van der Waals surface area (Å²) in [5.41, 5.74) is 0.991. The number of nitrogens with zero attached hydrogens (tertiary/aromatic N) is 3. The molecule has 2 aromatic rings. The Balaban J connectivity index is 1.48. The van der Waals surface area contributed by atoms with Gasteiger partial charge in [-0.3, -0.25) is 14.5 Å². The van der Waals surface area contributed by atoms with E-state index >= 15 is 0 Å². The summed E-state index contributed by atoms with van der Waals surface area (Å²) in [6.45, 7) is 0.902. The number of hydrogen-bond acceptors (Lipinski definition) is 4. The van der Waals surface area contributed by atoms with Gasteiger partial charge in [-0.1, -0.05) is 12.1 Å². The molecule has 2 amide bonds. The molecule has 6 nitrogen and oxygen atoms in total. The Bertz CT molecular complexity index is 617. The summed E-state index contributed by atoms with van der Waals surface area (Å²) in [5.74, 6) is -0.410. The molecule has 0 bridgehead atoms. The van der Waals surface area contributed by atoms with Crippen LogP contribution in [0.2, 0.25) is 0 Å². The fourth-order valence-electron chi connectivity index (χ4n) is 2.30. The molecule has 1 aromatic heterocycles. The van der Waals surface area contributed by atoms with E-state index in [1.807, 2.05) is 0 Å². The molecule has 1 aromatic carbocycles. The molecule has 1 aliphatic heterocycles. The minimum Gasteiger partial charge on any atom is -0.397 e. The molecule has 3 rings (SSSR count). The van der Waals surface area contributed by atoms with Crippen molar-refractivity contribution in [2.75, 3.05) is 13.2 Å². The van der Waals surface area contributed by atoms with E-state index in [1.165, 1.54) is 9.75 Å². The highest BCUT2D eigenvalue weighted by molar-refractivity contribution is 6.21. The number of aromatic nitrogens is 2. The molecule has 0 N–H and O–H groups in total. The van der Waals surface area contributed by atoms with Gasteiger partial charge in [0.2, 0.25) is 0 Å². The van der Waals surface area contributed by atoms with Gasteiger partial charge in [0.1, 0.15) is 6.61 Å². The standard InChI is InChI=1S/C15H15N3O3/c19-14-12-6-1-2-7-13(12)15(20)17(14)9-3-4-11-21-18-10-5-8-16-18/h1-2,5-8,10H,3-4,9,11H2. The average molecular weight is 285 g/mol. The second kappa shape index (κ2) is 5.78. The van der Waals surface area contributed by atoms with Crippen LogP contribution < -0.4 is 4.84 Å². The van der Waals surface area contributed by atoms with Crippen LogP contribution in [-0.2, 0) is 0 Å². The third kappa shape index (κ3) is 2.65. The van der Waals surface area contributed by atoms with Gasteiger partial charge < -0.3 is 4.84 Å². The van der Waals surface area contributed by atoms with Crippen LogP contribution in [0, 0.1) is 0 Å². The van der Waals surface area contributed by atoms with Gasteiger partial charge in [0.05, 0.1) is 23.5 Å². The largest absolute Gasteiger partial charge is 0.397 e. The molecule has 0 unspecified atom stereocenters. The van der Waals surface area contributed by atoms with Gasteiger partial charge in [-0.25, -0.2) is 0 Å². The third-order valence-electron chi connectivity index (χ3n) is 3.36. The summed E-state index contributed by atoms with van der Waals surface area (Å²) >= 11 is 0. The van der Waals surface area contributed by atoms with E-state index in [0.717, 1.165) is 6.42 Å². The Hall–Kier alpha value is -2.63. The molecule has 0 aliphatic carbocycles. The zero-order valence-electron chi connectivity index (χ0n) is 11.4. The number of unbranched alkanes of at least 4 members (excludes halogenated alkanes) is 1. The summed E-state index contributed by atoms with van der Waals surface area (Å²) in [5, 5.41) is 3.92. The summed E-state index contributed by atoms with van der Waals surface area (Å²) in [4.78, 5) is 32.3. The van der Waals surface area contributed by atoms with Crippen LogP contribution in [0.1, 0.15) is 33.6 Å². The van der Waals surface area contributed by atoms with Crippen molar-refractivity contribution in [2.45, 2.75) is 12.8 Å². The molecule has 21 heavy (non-hydrogen) atoms. The summed E-state index contributed by atoms with van der Waals surface area (Å²) in [6.07, 6.45) is 4.79. The Kier molecular flexibility index (Phi) is 3.68. The molecular weight excluding hydrogens is 270 g/mol.